The average molecular weight is 1340 g/mol. The number of likely N-dealkylation sites (tertiary alicyclic amines) is 1. The number of nitrogens with one attached hydrogen (secondary N) is 1. The lowest BCUT2D eigenvalue weighted by Crippen LogP contribution is -2.38. The van der Waals surface area contributed by atoms with Gasteiger partial charge in [-0.3, -0.25) is 19.6 Å². The number of carbonyl (C=O) groups is 2. The minimum Gasteiger partial charge on any atom is -0.481 e. The molecule has 12 aromatic rings. The Bertz CT molecular complexity index is 4650. The molecule has 16 rings (SSSR count). The van der Waals surface area contributed by atoms with E-state index in [9.17, 15) is 14.7 Å². The molecular formula is C86H76Cl2N8O3. The van der Waals surface area contributed by atoms with Gasteiger partial charge in [0, 0.05) is 59.1 Å². The number of aliphatic carboxylic acids is 1. The topological polar surface area (TPSA) is 131 Å². The van der Waals surface area contributed by atoms with Gasteiger partial charge in [0.15, 0.2) is 0 Å². The molecule has 11 nitrogen and oxygen atoms in total. The lowest BCUT2D eigenvalue weighted by molar-refractivity contribution is -0.136. The van der Waals surface area contributed by atoms with Gasteiger partial charge in [0.2, 0.25) is 5.91 Å². The molecule has 6 heterocycles. The van der Waals surface area contributed by atoms with Crippen molar-refractivity contribution in [3.8, 4) is 0 Å². The van der Waals surface area contributed by atoms with Crippen molar-refractivity contribution in [3.63, 3.8) is 0 Å². The summed E-state index contributed by atoms with van der Waals surface area (Å²) in [6.45, 7) is 3.46. The summed E-state index contributed by atoms with van der Waals surface area (Å²) in [6, 6.07) is 83.3. The molecule has 1 amide bonds. The third kappa shape index (κ3) is 13.8. The van der Waals surface area contributed by atoms with Crippen LogP contribution in [0, 0.1) is 0 Å². The van der Waals surface area contributed by atoms with Gasteiger partial charge in [0.05, 0.1) is 48.3 Å². The number of pyridine rings is 2. The van der Waals surface area contributed by atoms with Gasteiger partial charge < -0.3 is 24.5 Å². The quantitative estimate of drug-likeness (QED) is 0.116. The molecule has 4 aliphatic rings. The Morgan fingerprint density at radius 3 is 1.13 bits per heavy atom. The molecular weight excluding hydrogens is 1260 g/mol. The molecule has 2 fully saturated rings. The molecule has 0 spiro atoms. The molecule has 4 aromatic heterocycles. The first-order chi connectivity index (χ1) is 48.6. The molecule has 2 aliphatic heterocycles. The molecule has 0 atom stereocenters. The van der Waals surface area contributed by atoms with Gasteiger partial charge in [-0.25, -0.2) is 9.97 Å². The minimum atomic E-state index is -0.894. The standard InChI is InChI=1S/C43H37ClN4O.C24H20N2O2.C19H19ClN2/c44-37-20-21-39-33(27-37)19-18-32-11-10-24-45-42(32)41(39)31-22-25-47(26-23-31)40(49)28-38-29-48(30-46-38)43(34-12-4-1-5-13-34,35-14-6-2-7-15-35)36-16-8-3-9-17-36;27-23(28)16-22-17-26(18-25-22)24(19-10-4-1-5-11-19,20-12-6-2-7-13-20)21-14-8-3-9-15-21;20-16-5-6-17-15(12-16)4-3-14-2-1-9-22-19(14)18(17)13-7-10-21-11-8-13/h1-17,20-21,24,27,29-30H,18-19,22-23,25-26,28H2;1-15,17-18H,16H2,(H,27,28);1-2,5-6,9,12,21H,3-4,7-8,10-11H2. The highest BCUT2D eigenvalue weighted by molar-refractivity contribution is 6.31. The number of carboxylic acids is 1. The van der Waals surface area contributed by atoms with Gasteiger partial charge in [0.25, 0.3) is 0 Å². The summed E-state index contributed by atoms with van der Waals surface area (Å²) >= 11 is 12.7. The van der Waals surface area contributed by atoms with E-state index in [1.807, 2.05) is 131 Å². The zero-order chi connectivity index (χ0) is 67.6. The van der Waals surface area contributed by atoms with E-state index in [0.29, 0.717) is 18.8 Å². The molecule has 0 bridgehead atoms. The van der Waals surface area contributed by atoms with Gasteiger partial charge >= 0.3 is 5.97 Å². The molecule has 99 heavy (non-hydrogen) atoms. The number of fused-ring (bicyclic) bond motifs is 4. The fraction of sp³-hybridized carbons (Fsp3) is 0.186. The Kier molecular flexibility index (Phi) is 19.9. The van der Waals surface area contributed by atoms with Crippen LogP contribution in [0.4, 0.5) is 0 Å². The third-order valence-corrected chi connectivity index (χ3v) is 20.2. The van der Waals surface area contributed by atoms with Crippen LogP contribution in [-0.4, -0.2) is 77.1 Å². The summed E-state index contributed by atoms with van der Waals surface area (Å²) in [5, 5.41) is 14.2. The number of imidazole rings is 2. The van der Waals surface area contributed by atoms with Crippen LogP contribution in [0.5, 0.6) is 0 Å². The van der Waals surface area contributed by atoms with Crippen molar-refractivity contribution in [2.45, 2.75) is 75.3 Å². The highest BCUT2D eigenvalue weighted by atomic mass is 35.5. The van der Waals surface area contributed by atoms with Crippen LogP contribution in [0.1, 0.15) is 115 Å². The Balaban J connectivity index is 0.000000140. The summed E-state index contributed by atoms with van der Waals surface area (Å²) in [7, 11) is 0. The maximum Gasteiger partial charge on any atom is 0.309 e. The summed E-state index contributed by atoms with van der Waals surface area (Å²) < 4.78 is 4.19. The van der Waals surface area contributed by atoms with Crippen molar-refractivity contribution < 1.29 is 14.7 Å². The lowest BCUT2D eigenvalue weighted by atomic mass is 9.77. The molecule has 2 aliphatic carbocycles. The Hall–Kier alpha value is -10.6. The third-order valence-electron chi connectivity index (χ3n) is 19.8. The van der Waals surface area contributed by atoms with Gasteiger partial charge in [-0.1, -0.05) is 241 Å². The number of carbonyl (C=O) groups excluding carboxylic acids is 1. The molecule has 0 unspecified atom stereocenters. The van der Waals surface area contributed by atoms with Crippen LogP contribution in [0.25, 0.3) is 11.1 Å². The number of hydrogen-bond donors (Lipinski definition) is 2. The predicted octanol–water partition coefficient (Wildman–Crippen LogP) is 16.9. The van der Waals surface area contributed by atoms with Crippen molar-refractivity contribution >= 4 is 46.2 Å². The zero-order valence-electron chi connectivity index (χ0n) is 55.1. The summed E-state index contributed by atoms with van der Waals surface area (Å²) in [5.41, 5.74) is 22.1. The number of rotatable bonds is 12. The Labute approximate surface area is 588 Å². The van der Waals surface area contributed by atoms with Crippen LogP contribution in [-0.2, 0) is 59.2 Å². The van der Waals surface area contributed by atoms with Crippen molar-refractivity contribution in [1.29, 1.82) is 0 Å². The molecule has 13 heteroatoms. The second-order valence-electron chi connectivity index (χ2n) is 25.6. The number of aromatic nitrogens is 6. The van der Waals surface area contributed by atoms with E-state index < -0.39 is 17.0 Å². The zero-order valence-corrected chi connectivity index (χ0v) is 56.6. The summed E-state index contributed by atoms with van der Waals surface area (Å²) in [6.07, 6.45) is 19.2. The number of piperidine rings is 2. The number of benzene rings is 8. The number of hydrogen-bond acceptors (Lipinski definition) is 7. The van der Waals surface area contributed by atoms with Gasteiger partial charge in [-0.15, -0.1) is 0 Å². The average Bonchev–Trinajstić information content (AvgIpc) is 1.72. The van der Waals surface area contributed by atoms with Crippen molar-refractivity contribution in [3.05, 3.63) is 391 Å². The van der Waals surface area contributed by atoms with Gasteiger partial charge in [-0.2, -0.15) is 0 Å². The van der Waals surface area contributed by atoms with Crippen LogP contribution in [0.3, 0.4) is 0 Å². The lowest BCUT2D eigenvalue weighted by Gasteiger charge is -2.37. The maximum absolute atomic E-state index is 13.8. The van der Waals surface area contributed by atoms with Crippen molar-refractivity contribution in [1.82, 2.24) is 39.3 Å². The molecule has 8 aromatic carbocycles. The normalized spacial score (nSPS) is 14.3. The highest BCUT2D eigenvalue weighted by Crippen LogP contribution is 2.44. The van der Waals surface area contributed by atoms with E-state index >= 15 is 0 Å². The van der Waals surface area contributed by atoms with E-state index in [1.165, 1.54) is 61.4 Å². The van der Waals surface area contributed by atoms with Crippen LogP contribution in [0.15, 0.2) is 291 Å². The number of halogens is 2. The fourth-order valence-electron chi connectivity index (χ4n) is 15.2. The minimum absolute atomic E-state index is 0.102. The van der Waals surface area contributed by atoms with Crippen LogP contribution >= 0.6 is 23.2 Å². The highest BCUT2D eigenvalue weighted by Gasteiger charge is 2.40. The first kappa shape index (κ1) is 65.7. The van der Waals surface area contributed by atoms with Crippen LogP contribution < -0.4 is 5.32 Å². The van der Waals surface area contributed by atoms with Crippen molar-refractivity contribution in [2.75, 3.05) is 26.2 Å². The summed E-state index contributed by atoms with van der Waals surface area (Å²) in [4.78, 5) is 45.9. The first-order valence-corrected chi connectivity index (χ1v) is 34.9. The van der Waals surface area contributed by atoms with E-state index in [0.717, 1.165) is 119 Å². The van der Waals surface area contributed by atoms with E-state index in [4.69, 9.17) is 38.2 Å². The number of carboxylic acid groups (broad SMARTS) is 1. The molecule has 492 valence electrons. The summed E-state index contributed by atoms with van der Waals surface area (Å²) in [5.74, 6) is -0.791. The smallest absolute Gasteiger partial charge is 0.309 e. The maximum atomic E-state index is 13.8. The number of amides is 1. The monoisotopic (exact) mass is 1340 g/mol. The van der Waals surface area contributed by atoms with Gasteiger partial charge in [-0.05, 0) is 168 Å². The van der Waals surface area contributed by atoms with Crippen LogP contribution in [0.2, 0.25) is 10.0 Å². The second kappa shape index (κ2) is 30.1. The van der Waals surface area contributed by atoms with Gasteiger partial charge in [0.1, 0.15) is 11.1 Å². The first-order valence-electron chi connectivity index (χ1n) is 34.2. The molecule has 2 N–H and O–H groups in total. The predicted molar refractivity (Wildman–Crippen MR) is 395 cm³/mol. The van der Waals surface area contributed by atoms with Crippen molar-refractivity contribution in [2.24, 2.45) is 0 Å². The Morgan fingerprint density at radius 1 is 0.404 bits per heavy atom. The van der Waals surface area contributed by atoms with E-state index in [-0.39, 0.29) is 18.7 Å². The SMILES string of the molecule is Clc1ccc2c(c1)CCc1cccnc1C2=C1CCNCC1.O=C(Cc1cn(C(c2ccccc2)(c2ccccc2)c2ccccc2)cn1)N1CCC(=C2c3ccc(Cl)cc3CCc3cccnc32)CC1.O=C(O)Cc1cn(C(c2ccccc2)(c2ccccc2)c2ccccc2)cn1. The Morgan fingerprint density at radius 2 is 0.758 bits per heavy atom. The number of nitrogens with zero attached hydrogens (tertiary/aromatic N) is 7. The number of aryl methyl sites for hydroxylation is 4. The largest absolute Gasteiger partial charge is 0.481 e. The second-order valence-corrected chi connectivity index (χ2v) is 26.5. The van der Waals surface area contributed by atoms with E-state index in [2.05, 4.69) is 167 Å². The fourth-order valence-corrected chi connectivity index (χ4v) is 15.6. The van der Waals surface area contributed by atoms with E-state index in [1.54, 1.807) is 6.33 Å². The molecule has 2 saturated heterocycles. The molecule has 0 radical (unpaired) electrons. The molecule has 0 saturated carbocycles.